The van der Waals surface area contributed by atoms with Crippen LogP contribution in [-0.2, 0) is 0 Å². The fraction of sp³-hybridized carbons (Fsp3) is 0. The molecule has 3 aromatic heterocycles. The van der Waals surface area contributed by atoms with Gasteiger partial charge in [0.25, 0.3) is 0 Å². The standard InChI is InChI=1S/C60H37NO2S/c1-5-16-38(17-6-1)42-28-30-48-54(35-42)63-60-45(40-20-9-3-10-21-40)31-32-51(58(48)60)61(52-26-15-25-47-46-24-13-14-27-53(46)62-59(47)52)44-29-33-55-50(37-44)57-49(41-22-11-4-12-23-41)34-43(36-56(57)64-55)39-18-7-2-8-19-39/h1-37H. The van der Waals surface area contributed by atoms with Crippen LogP contribution in [0.5, 0.6) is 0 Å². The molecule has 0 fully saturated rings. The number of fused-ring (bicyclic) bond motifs is 9. The Morgan fingerprint density at radius 2 is 0.953 bits per heavy atom. The number of furan rings is 2. The first-order chi connectivity index (χ1) is 31.7. The molecule has 0 spiro atoms. The van der Waals surface area contributed by atoms with Gasteiger partial charge in [0.2, 0.25) is 0 Å². The van der Waals surface area contributed by atoms with Gasteiger partial charge in [0.05, 0.1) is 16.8 Å². The molecular formula is C60H37NO2S. The lowest BCUT2D eigenvalue weighted by atomic mass is 9.94. The number of hydrogen-bond acceptors (Lipinski definition) is 4. The third-order valence-corrected chi connectivity index (χ3v) is 13.8. The van der Waals surface area contributed by atoms with Crippen molar-refractivity contribution in [3.63, 3.8) is 0 Å². The molecule has 0 aliphatic heterocycles. The van der Waals surface area contributed by atoms with Crippen LogP contribution in [0.15, 0.2) is 233 Å². The van der Waals surface area contributed by atoms with E-state index in [0.29, 0.717) is 0 Å². The van der Waals surface area contributed by atoms with Crippen LogP contribution in [-0.4, -0.2) is 0 Å². The molecule has 13 rings (SSSR count). The van der Waals surface area contributed by atoms with Crippen LogP contribution in [0.25, 0.3) is 109 Å². The summed E-state index contributed by atoms with van der Waals surface area (Å²) in [7, 11) is 0. The molecule has 0 aliphatic carbocycles. The SMILES string of the molecule is c1ccc(-c2ccc3c(c2)oc2c(-c4ccccc4)ccc(N(c4ccc5sc6cc(-c7ccccc7)cc(-c7ccccc7)c6c5c4)c4cccc5c4oc4ccccc45)c23)cc1. The van der Waals surface area contributed by atoms with Crippen molar-refractivity contribution in [2.45, 2.75) is 0 Å². The van der Waals surface area contributed by atoms with E-state index in [4.69, 9.17) is 8.83 Å². The van der Waals surface area contributed by atoms with Crippen LogP contribution in [0, 0.1) is 0 Å². The minimum Gasteiger partial charge on any atom is -0.455 e. The second kappa shape index (κ2) is 14.7. The van der Waals surface area contributed by atoms with Crippen molar-refractivity contribution in [2.75, 3.05) is 4.90 Å². The molecule has 4 heteroatoms. The van der Waals surface area contributed by atoms with E-state index >= 15 is 0 Å². The Balaban J connectivity index is 1.12. The third kappa shape index (κ3) is 5.88. The summed E-state index contributed by atoms with van der Waals surface area (Å²) in [6, 6.07) is 80.2. The van der Waals surface area contributed by atoms with Crippen molar-refractivity contribution in [3.8, 4) is 44.5 Å². The van der Waals surface area contributed by atoms with E-state index in [9.17, 15) is 0 Å². The second-order valence-electron chi connectivity index (χ2n) is 16.4. The Hall–Kier alpha value is -8.18. The molecule has 0 bridgehead atoms. The Labute approximate surface area is 373 Å². The molecule has 0 atom stereocenters. The molecule has 0 N–H and O–H groups in total. The lowest BCUT2D eigenvalue weighted by Gasteiger charge is -2.27. The molecule has 300 valence electrons. The molecule has 3 heterocycles. The van der Waals surface area contributed by atoms with Crippen LogP contribution in [0.4, 0.5) is 17.1 Å². The number of nitrogens with zero attached hydrogens (tertiary/aromatic N) is 1. The molecule has 64 heavy (non-hydrogen) atoms. The number of hydrogen-bond donors (Lipinski definition) is 0. The van der Waals surface area contributed by atoms with Crippen LogP contribution in [0.3, 0.4) is 0 Å². The third-order valence-electron chi connectivity index (χ3n) is 12.7. The molecule has 0 saturated heterocycles. The smallest absolute Gasteiger partial charge is 0.159 e. The first-order valence-corrected chi connectivity index (χ1v) is 22.5. The maximum absolute atomic E-state index is 7.08. The predicted octanol–water partition coefficient (Wildman–Crippen LogP) is 18.0. The van der Waals surface area contributed by atoms with Gasteiger partial charge in [0.1, 0.15) is 16.7 Å². The zero-order valence-corrected chi connectivity index (χ0v) is 35.4. The molecule has 10 aromatic carbocycles. The summed E-state index contributed by atoms with van der Waals surface area (Å²) in [6.07, 6.45) is 0. The summed E-state index contributed by atoms with van der Waals surface area (Å²) in [5.41, 5.74) is 15.6. The van der Waals surface area contributed by atoms with Gasteiger partial charge in [-0.2, -0.15) is 0 Å². The molecule has 0 unspecified atom stereocenters. The highest BCUT2D eigenvalue weighted by molar-refractivity contribution is 7.26. The highest BCUT2D eigenvalue weighted by atomic mass is 32.1. The number of benzene rings is 10. The van der Waals surface area contributed by atoms with E-state index in [0.717, 1.165) is 83.2 Å². The highest BCUT2D eigenvalue weighted by Gasteiger charge is 2.26. The van der Waals surface area contributed by atoms with Crippen LogP contribution in [0.1, 0.15) is 0 Å². The van der Waals surface area contributed by atoms with Gasteiger partial charge < -0.3 is 13.7 Å². The van der Waals surface area contributed by atoms with Gasteiger partial charge in [0.15, 0.2) is 5.58 Å². The largest absolute Gasteiger partial charge is 0.455 e. The van der Waals surface area contributed by atoms with E-state index in [1.54, 1.807) is 0 Å². The number of rotatable bonds is 7. The average Bonchev–Trinajstić information content (AvgIpc) is 4.07. The summed E-state index contributed by atoms with van der Waals surface area (Å²) in [6.45, 7) is 0. The van der Waals surface area contributed by atoms with Crippen molar-refractivity contribution in [2.24, 2.45) is 0 Å². The summed E-state index contributed by atoms with van der Waals surface area (Å²) >= 11 is 1.85. The lowest BCUT2D eigenvalue weighted by molar-refractivity contribution is 0.668. The number of thiophene rings is 1. The zero-order chi connectivity index (χ0) is 42.1. The van der Waals surface area contributed by atoms with Gasteiger partial charge in [0, 0.05) is 47.6 Å². The highest BCUT2D eigenvalue weighted by Crippen LogP contribution is 2.51. The Morgan fingerprint density at radius 3 is 1.70 bits per heavy atom. The fourth-order valence-corrected chi connectivity index (χ4v) is 10.8. The molecule has 0 aliphatic rings. The topological polar surface area (TPSA) is 29.5 Å². The molecule has 13 aromatic rings. The summed E-state index contributed by atoms with van der Waals surface area (Å²) in [4.78, 5) is 2.39. The molecule has 0 amide bonds. The number of anilines is 3. The van der Waals surface area contributed by atoms with Crippen LogP contribution >= 0.6 is 11.3 Å². The monoisotopic (exact) mass is 835 g/mol. The van der Waals surface area contributed by atoms with Crippen molar-refractivity contribution in [1.29, 1.82) is 0 Å². The Kier molecular flexibility index (Phi) is 8.40. The van der Waals surface area contributed by atoms with Gasteiger partial charge in [-0.25, -0.2) is 0 Å². The van der Waals surface area contributed by atoms with E-state index in [1.807, 2.05) is 17.4 Å². The van der Waals surface area contributed by atoms with Gasteiger partial charge in [-0.15, -0.1) is 11.3 Å². The van der Waals surface area contributed by atoms with Crippen molar-refractivity contribution in [3.05, 3.63) is 224 Å². The van der Waals surface area contributed by atoms with Crippen molar-refractivity contribution in [1.82, 2.24) is 0 Å². The van der Waals surface area contributed by atoms with Gasteiger partial charge in [-0.3, -0.25) is 0 Å². The van der Waals surface area contributed by atoms with E-state index < -0.39 is 0 Å². The van der Waals surface area contributed by atoms with Gasteiger partial charge in [-0.1, -0.05) is 158 Å². The zero-order valence-electron chi connectivity index (χ0n) is 34.5. The van der Waals surface area contributed by atoms with Crippen molar-refractivity contribution < 1.29 is 8.83 Å². The Bertz CT molecular complexity index is 3890. The maximum atomic E-state index is 7.08. The van der Waals surface area contributed by atoms with Crippen LogP contribution in [0.2, 0.25) is 0 Å². The fourth-order valence-electron chi connectivity index (χ4n) is 9.70. The second-order valence-corrected chi connectivity index (χ2v) is 17.5. The maximum Gasteiger partial charge on any atom is 0.159 e. The first kappa shape index (κ1) is 36.5. The first-order valence-electron chi connectivity index (χ1n) is 21.7. The minimum atomic E-state index is 0.830. The average molecular weight is 836 g/mol. The molecule has 3 nitrogen and oxygen atoms in total. The van der Waals surface area contributed by atoms with Crippen LogP contribution < -0.4 is 4.90 Å². The lowest BCUT2D eigenvalue weighted by Crippen LogP contribution is -2.10. The Morgan fingerprint density at radius 1 is 0.312 bits per heavy atom. The predicted molar refractivity (Wildman–Crippen MR) is 270 cm³/mol. The summed E-state index contributed by atoms with van der Waals surface area (Å²) < 4.78 is 16.4. The molecular weight excluding hydrogens is 799 g/mol. The molecule has 0 saturated carbocycles. The molecule has 0 radical (unpaired) electrons. The number of para-hydroxylation sites is 2. The van der Waals surface area contributed by atoms with Gasteiger partial charge >= 0.3 is 0 Å². The summed E-state index contributed by atoms with van der Waals surface area (Å²) in [5.74, 6) is 0. The van der Waals surface area contributed by atoms with E-state index in [1.165, 1.54) is 42.4 Å². The minimum absolute atomic E-state index is 0.830. The van der Waals surface area contributed by atoms with E-state index in [2.05, 4.69) is 223 Å². The van der Waals surface area contributed by atoms with E-state index in [-0.39, 0.29) is 0 Å². The quantitative estimate of drug-likeness (QED) is 0.160. The normalized spacial score (nSPS) is 11.8. The summed E-state index contributed by atoms with van der Waals surface area (Å²) in [5, 5.41) is 6.71. The van der Waals surface area contributed by atoms with Gasteiger partial charge in [-0.05, 0) is 106 Å². The van der Waals surface area contributed by atoms with Crippen molar-refractivity contribution >= 4 is 92.4 Å².